The SMILES string of the molecule is COc1ccc(-c2c(C(=O)N[C@@H](CO)Cc3c[nH]c4ccccc34)cc3n2CCc2cc(OC)c(OC)cc2-3)cc1. The van der Waals surface area contributed by atoms with Crippen molar-refractivity contribution in [1.29, 1.82) is 0 Å². The van der Waals surface area contributed by atoms with Gasteiger partial charge in [0, 0.05) is 34.9 Å². The number of aryl methyl sites for hydroxylation is 1. The van der Waals surface area contributed by atoms with Crippen LogP contribution in [-0.2, 0) is 19.4 Å². The fourth-order valence-corrected chi connectivity index (χ4v) is 5.83. The molecule has 1 amide bonds. The van der Waals surface area contributed by atoms with Crippen LogP contribution in [0.1, 0.15) is 21.5 Å². The molecule has 5 aromatic rings. The second kappa shape index (κ2) is 11.1. The first kappa shape index (κ1) is 26.5. The van der Waals surface area contributed by atoms with Gasteiger partial charge in [-0.1, -0.05) is 18.2 Å². The Morgan fingerprint density at radius 1 is 1.00 bits per heavy atom. The highest BCUT2D eigenvalue weighted by atomic mass is 16.5. The number of benzene rings is 3. The van der Waals surface area contributed by atoms with Crippen molar-refractivity contribution in [2.24, 2.45) is 0 Å². The van der Waals surface area contributed by atoms with Crippen molar-refractivity contribution in [3.63, 3.8) is 0 Å². The van der Waals surface area contributed by atoms with E-state index in [1.807, 2.05) is 72.9 Å². The number of hydrogen-bond donors (Lipinski definition) is 3. The summed E-state index contributed by atoms with van der Waals surface area (Å²) in [5.74, 6) is 1.82. The van der Waals surface area contributed by atoms with Crippen molar-refractivity contribution in [1.82, 2.24) is 14.9 Å². The van der Waals surface area contributed by atoms with Crippen LogP contribution in [0, 0.1) is 0 Å². The molecule has 0 radical (unpaired) electrons. The van der Waals surface area contributed by atoms with Gasteiger partial charge in [-0.25, -0.2) is 0 Å². The summed E-state index contributed by atoms with van der Waals surface area (Å²) in [6.45, 7) is 0.516. The zero-order chi connectivity index (χ0) is 28.5. The van der Waals surface area contributed by atoms with Gasteiger partial charge in [-0.15, -0.1) is 0 Å². The van der Waals surface area contributed by atoms with Crippen molar-refractivity contribution in [2.45, 2.75) is 25.4 Å². The molecular formula is C33H33N3O5. The van der Waals surface area contributed by atoms with Gasteiger partial charge in [0.1, 0.15) is 5.75 Å². The lowest BCUT2D eigenvalue weighted by atomic mass is 9.97. The lowest BCUT2D eigenvalue weighted by Crippen LogP contribution is -2.39. The smallest absolute Gasteiger partial charge is 0.253 e. The summed E-state index contributed by atoms with van der Waals surface area (Å²) >= 11 is 0. The Morgan fingerprint density at radius 3 is 2.49 bits per heavy atom. The minimum absolute atomic E-state index is 0.184. The number of fused-ring (bicyclic) bond motifs is 4. The van der Waals surface area contributed by atoms with Crippen LogP contribution < -0.4 is 19.5 Å². The molecule has 3 N–H and O–H groups in total. The number of H-pyrrole nitrogens is 1. The summed E-state index contributed by atoms with van der Waals surface area (Å²) in [5.41, 5.74) is 7.41. The molecule has 1 atom stereocenters. The van der Waals surface area contributed by atoms with Crippen LogP contribution >= 0.6 is 0 Å². The maximum atomic E-state index is 14.0. The number of ether oxygens (including phenoxy) is 3. The van der Waals surface area contributed by atoms with E-state index in [-0.39, 0.29) is 12.5 Å². The number of rotatable bonds is 9. The molecule has 41 heavy (non-hydrogen) atoms. The summed E-state index contributed by atoms with van der Waals surface area (Å²) in [7, 11) is 4.89. The van der Waals surface area contributed by atoms with Crippen LogP contribution in [0.2, 0.25) is 0 Å². The number of aromatic nitrogens is 2. The van der Waals surface area contributed by atoms with Crippen molar-refractivity contribution in [2.75, 3.05) is 27.9 Å². The van der Waals surface area contributed by atoms with E-state index in [2.05, 4.69) is 14.9 Å². The number of hydrogen-bond acceptors (Lipinski definition) is 5. The molecule has 0 saturated carbocycles. The zero-order valence-electron chi connectivity index (χ0n) is 23.4. The third-order valence-electron chi connectivity index (χ3n) is 7.89. The minimum atomic E-state index is -0.459. The Hall–Kier alpha value is -4.69. The van der Waals surface area contributed by atoms with E-state index < -0.39 is 6.04 Å². The summed E-state index contributed by atoms with van der Waals surface area (Å²) in [6, 6.07) is 21.2. The summed E-state index contributed by atoms with van der Waals surface area (Å²) in [6.07, 6.45) is 3.22. The van der Waals surface area contributed by atoms with Crippen LogP contribution in [0.15, 0.2) is 72.9 Å². The quantitative estimate of drug-likeness (QED) is 0.233. The average Bonchev–Trinajstić information content (AvgIpc) is 3.62. The van der Waals surface area contributed by atoms with Crippen LogP contribution in [-0.4, -0.2) is 54.5 Å². The summed E-state index contributed by atoms with van der Waals surface area (Å²) in [4.78, 5) is 17.2. The Bertz CT molecular complexity index is 1720. The summed E-state index contributed by atoms with van der Waals surface area (Å²) in [5, 5.41) is 14.5. The maximum absolute atomic E-state index is 14.0. The second-order valence-corrected chi connectivity index (χ2v) is 10.2. The minimum Gasteiger partial charge on any atom is -0.497 e. The van der Waals surface area contributed by atoms with Crippen molar-refractivity contribution >= 4 is 16.8 Å². The number of aromatic amines is 1. The molecule has 0 spiro atoms. The number of aliphatic hydroxyl groups excluding tert-OH is 1. The number of para-hydroxylation sites is 1. The predicted molar refractivity (Wildman–Crippen MR) is 159 cm³/mol. The number of methoxy groups -OCH3 is 3. The first-order chi connectivity index (χ1) is 20.0. The van der Waals surface area contributed by atoms with Crippen LogP contribution in [0.5, 0.6) is 17.2 Å². The van der Waals surface area contributed by atoms with Gasteiger partial charge in [-0.05, 0) is 78.1 Å². The molecule has 1 aliphatic rings. The van der Waals surface area contributed by atoms with E-state index in [0.717, 1.165) is 56.7 Å². The molecule has 3 heterocycles. The van der Waals surface area contributed by atoms with E-state index in [0.29, 0.717) is 30.0 Å². The highest BCUT2D eigenvalue weighted by Gasteiger charge is 2.28. The highest BCUT2D eigenvalue weighted by molar-refractivity contribution is 6.02. The fraction of sp³-hybridized carbons (Fsp3) is 0.242. The standard InChI is InChI=1S/C33H33N3O5/c1-39-24-10-8-20(9-11-24)32-27(16-29-26-17-31(41-3)30(40-2)15-21(26)12-13-36(29)32)33(38)35-23(19-37)14-22-18-34-28-7-5-4-6-25(22)28/h4-11,15-18,23,34,37H,12-14,19H2,1-3H3,(H,35,38)/t23-/m1/s1. The molecule has 8 heteroatoms. The van der Waals surface area contributed by atoms with Crippen LogP contribution in [0.25, 0.3) is 33.4 Å². The molecular weight excluding hydrogens is 518 g/mol. The van der Waals surface area contributed by atoms with Crippen molar-refractivity contribution in [3.8, 4) is 39.8 Å². The Kier molecular flexibility index (Phi) is 7.15. The fourth-order valence-electron chi connectivity index (χ4n) is 5.83. The monoisotopic (exact) mass is 551 g/mol. The van der Waals surface area contributed by atoms with Crippen molar-refractivity contribution < 1.29 is 24.1 Å². The molecule has 0 fully saturated rings. The highest BCUT2D eigenvalue weighted by Crippen LogP contribution is 2.42. The molecule has 0 saturated heterocycles. The molecule has 1 aliphatic heterocycles. The van der Waals surface area contributed by atoms with Crippen LogP contribution in [0.3, 0.4) is 0 Å². The van der Waals surface area contributed by atoms with Crippen LogP contribution in [0.4, 0.5) is 0 Å². The molecule has 210 valence electrons. The van der Waals surface area contributed by atoms with Gasteiger partial charge in [0.2, 0.25) is 0 Å². The van der Waals surface area contributed by atoms with Gasteiger partial charge in [-0.3, -0.25) is 4.79 Å². The first-order valence-corrected chi connectivity index (χ1v) is 13.6. The third-order valence-corrected chi connectivity index (χ3v) is 7.89. The Balaban J connectivity index is 1.40. The molecule has 0 unspecified atom stereocenters. The number of aliphatic hydroxyl groups is 1. The molecule has 6 rings (SSSR count). The van der Waals surface area contributed by atoms with E-state index in [1.165, 1.54) is 0 Å². The van der Waals surface area contributed by atoms with Gasteiger partial charge in [0.05, 0.1) is 45.2 Å². The number of amides is 1. The lowest BCUT2D eigenvalue weighted by Gasteiger charge is -2.23. The summed E-state index contributed by atoms with van der Waals surface area (Å²) < 4.78 is 18.7. The zero-order valence-corrected chi connectivity index (χ0v) is 23.4. The van der Waals surface area contributed by atoms with E-state index in [1.54, 1.807) is 21.3 Å². The maximum Gasteiger partial charge on any atom is 0.253 e. The number of carbonyl (C=O) groups is 1. The topological polar surface area (TPSA) is 97.7 Å². The van der Waals surface area contributed by atoms with Gasteiger partial charge in [-0.2, -0.15) is 0 Å². The van der Waals surface area contributed by atoms with E-state index in [4.69, 9.17) is 14.2 Å². The largest absolute Gasteiger partial charge is 0.497 e. The molecule has 0 aliphatic carbocycles. The Labute approximate surface area is 238 Å². The molecule has 3 aromatic carbocycles. The van der Waals surface area contributed by atoms with Crippen molar-refractivity contribution in [3.05, 3.63) is 89.6 Å². The number of nitrogens with zero attached hydrogens (tertiary/aromatic N) is 1. The van der Waals surface area contributed by atoms with Gasteiger partial charge < -0.3 is 34.2 Å². The van der Waals surface area contributed by atoms with Gasteiger partial charge >= 0.3 is 0 Å². The number of nitrogens with one attached hydrogen (secondary N) is 2. The Morgan fingerprint density at radius 2 is 1.76 bits per heavy atom. The predicted octanol–water partition coefficient (Wildman–Crippen LogP) is 5.22. The average molecular weight is 552 g/mol. The normalized spacial score (nSPS) is 12.9. The van der Waals surface area contributed by atoms with E-state index >= 15 is 0 Å². The van der Waals surface area contributed by atoms with E-state index in [9.17, 15) is 9.90 Å². The molecule has 2 aromatic heterocycles. The second-order valence-electron chi connectivity index (χ2n) is 10.2. The molecule has 0 bridgehead atoms. The number of carbonyl (C=O) groups excluding carboxylic acids is 1. The van der Waals surface area contributed by atoms with Gasteiger partial charge in [0.15, 0.2) is 11.5 Å². The lowest BCUT2D eigenvalue weighted by molar-refractivity contribution is 0.0917. The first-order valence-electron chi connectivity index (χ1n) is 13.6. The van der Waals surface area contributed by atoms with Gasteiger partial charge in [0.25, 0.3) is 5.91 Å². The molecule has 8 nitrogen and oxygen atoms in total. The third kappa shape index (κ3) is 4.80.